The predicted molar refractivity (Wildman–Crippen MR) is 112 cm³/mol. The van der Waals surface area contributed by atoms with Crippen LogP contribution in [0.5, 0.6) is 0 Å². The van der Waals surface area contributed by atoms with Gasteiger partial charge in [-0.05, 0) is 35.7 Å². The van der Waals surface area contributed by atoms with E-state index in [4.69, 9.17) is 23.2 Å². The van der Waals surface area contributed by atoms with E-state index in [0.717, 1.165) is 16.6 Å². The number of hydrogen-bond acceptors (Lipinski definition) is 6. The Kier molecular flexibility index (Phi) is 6.09. The molecule has 3 aromatic rings. The highest BCUT2D eigenvalue weighted by Gasteiger charge is 2.25. The lowest BCUT2D eigenvalue weighted by Gasteiger charge is -2.27. The van der Waals surface area contributed by atoms with Crippen molar-refractivity contribution in [3.63, 3.8) is 0 Å². The fourth-order valence-electron chi connectivity index (χ4n) is 3.25. The van der Waals surface area contributed by atoms with Crippen LogP contribution >= 0.6 is 23.2 Å². The van der Waals surface area contributed by atoms with Gasteiger partial charge in [-0.3, -0.25) is 13.9 Å². The van der Waals surface area contributed by atoms with E-state index >= 15 is 0 Å². The molecular formula is C18H21Cl2N7O2. The lowest BCUT2D eigenvalue weighted by molar-refractivity contribution is -0.122. The summed E-state index contributed by atoms with van der Waals surface area (Å²) in [6.07, 6.45) is 0.523. The minimum atomic E-state index is -0.519. The maximum absolute atomic E-state index is 12.8. The van der Waals surface area contributed by atoms with Gasteiger partial charge in [-0.25, -0.2) is 9.78 Å². The summed E-state index contributed by atoms with van der Waals surface area (Å²) in [5, 5.41) is 10.6. The topological polar surface area (TPSA) is 97.9 Å². The number of anilines is 1. The zero-order chi connectivity index (χ0) is 21.3. The third-order valence-electron chi connectivity index (χ3n) is 4.90. The van der Waals surface area contributed by atoms with Gasteiger partial charge in [0.25, 0.3) is 0 Å². The van der Waals surface area contributed by atoms with Crippen molar-refractivity contribution in [1.29, 1.82) is 0 Å². The number of benzene rings is 1. The Labute approximate surface area is 177 Å². The third-order valence-corrected chi connectivity index (χ3v) is 5.31. The molecule has 0 fully saturated rings. The molecule has 1 aromatic carbocycles. The second kappa shape index (κ2) is 8.38. The highest BCUT2D eigenvalue weighted by Crippen LogP contribution is 2.23. The fourth-order valence-corrected chi connectivity index (χ4v) is 3.67. The molecule has 0 saturated carbocycles. The number of hydrogen-bond donors (Lipinski definition) is 1. The second-order valence-corrected chi connectivity index (χ2v) is 7.37. The molecule has 0 spiro atoms. The van der Waals surface area contributed by atoms with Crippen LogP contribution in [0.1, 0.15) is 18.9 Å². The Bertz CT molecular complexity index is 1130. The van der Waals surface area contributed by atoms with Gasteiger partial charge in [-0.15, -0.1) is 10.2 Å². The summed E-state index contributed by atoms with van der Waals surface area (Å²) in [5.74, 6) is 0.0867. The first-order valence-corrected chi connectivity index (χ1v) is 9.70. The number of likely N-dealkylation sites (N-methyl/N-ethyl adjacent to an activating group) is 1. The first-order chi connectivity index (χ1) is 13.7. The van der Waals surface area contributed by atoms with Gasteiger partial charge in [-0.2, -0.15) is 0 Å². The van der Waals surface area contributed by atoms with Gasteiger partial charge in [0, 0.05) is 27.7 Å². The summed E-state index contributed by atoms with van der Waals surface area (Å²) < 4.78 is 3.17. The van der Waals surface area contributed by atoms with Crippen LogP contribution in [0.3, 0.4) is 0 Å². The van der Waals surface area contributed by atoms with Crippen LogP contribution in [0.15, 0.2) is 23.0 Å². The molecule has 2 aromatic heterocycles. The van der Waals surface area contributed by atoms with Gasteiger partial charge in [0.05, 0.1) is 11.0 Å². The predicted octanol–water partition coefficient (Wildman–Crippen LogP) is 1.90. The number of amides is 1. The second-order valence-electron chi connectivity index (χ2n) is 6.67. The number of nitrogens with zero attached hydrogens (tertiary/aromatic N) is 6. The normalized spacial score (nSPS) is 12.2. The number of nitrogens with one attached hydrogen (secondary N) is 1. The van der Waals surface area contributed by atoms with Gasteiger partial charge >= 0.3 is 5.69 Å². The quantitative estimate of drug-likeness (QED) is 0.632. The smallest absolute Gasteiger partial charge is 0.328 e. The van der Waals surface area contributed by atoms with Crippen LogP contribution in [0, 0.1) is 0 Å². The zero-order valence-electron chi connectivity index (χ0n) is 16.5. The lowest BCUT2D eigenvalue weighted by Crippen LogP contribution is -2.45. The van der Waals surface area contributed by atoms with Crippen molar-refractivity contribution in [3.8, 4) is 0 Å². The number of aromatic nitrogens is 5. The first kappa shape index (κ1) is 21.1. The third kappa shape index (κ3) is 4.06. The number of fused-ring (bicyclic) bond motifs is 1. The minimum absolute atomic E-state index is 0.0599. The average Bonchev–Trinajstić information content (AvgIpc) is 2.90. The summed E-state index contributed by atoms with van der Waals surface area (Å²) in [7, 11) is 5.15. The van der Waals surface area contributed by atoms with E-state index in [9.17, 15) is 9.59 Å². The largest absolute Gasteiger partial charge is 0.350 e. The van der Waals surface area contributed by atoms with E-state index in [-0.39, 0.29) is 27.9 Å². The highest BCUT2D eigenvalue weighted by atomic mass is 35.5. The van der Waals surface area contributed by atoms with Crippen molar-refractivity contribution in [2.75, 3.05) is 11.9 Å². The summed E-state index contributed by atoms with van der Waals surface area (Å²) in [5.41, 5.74) is 2.43. The highest BCUT2D eigenvalue weighted by molar-refractivity contribution is 6.33. The van der Waals surface area contributed by atoms with Crippen LogP contribution in [0.25, 0.3) is 11.0 Å². The Morgan fingerprint density at radius 2 is 1.90 bits per heavy atom. The Morgan fingerprint density at radius 3 is 2.55 bits per heavy atom. The number of carbonyl (C=O) groups is 1. The van der Waals surface area contributed by atoms with E-state index < -0.39 is 6.04 Å². The van der Waals surface area contributed by atoms with Gasteiger partial charge in [0.1, 0.15) is 6.04 Å². The molecule has 1 atom stereocenters. The molecule has 11 heteroatoms. The Morgan fingerprint density at radius 1 is 1.21 bits per heavy atom. The molecule has 29 heavy (non-hydrogen) atoms. The van der Waals surface area contributed by atoms with Crippen molar-refractivity contribution >= 4 is 46.0 Å². The van der Waals surface area contributed by atoms with Crippen LogP contribution in [0.2, 0.25) is 10.4 Å². The maximum atomic E-state index is 12.8. The van der Waals surface area contributed by atoms with Crippen molar-refractivity contribution in [2.24, 2.45) is 14.1 Å². The van der Waals surface area contributed by atoms with Gasteiger partial charge in [0.15, 0.2) is 11.0 Å². The van der Waals surface area contributed by atoms with Crippen LogP contribution in [-0.2, 0) is 25.4 Å². The summed E-state index contributed by atoms with van der Waals surface area (Å²) in [6.45, 7) is 2.21. The summed E-state index contributed by atoms with van der Waals surface area (Å²) in [4.78, 5) is 30.3. The van der Waals surface area contributed by atoms with E-state index in [0.29, 0.717) is 13.0 Å². The molecule has 1 N–H and O–H groups in total. The summed E-state index contributed by atoms with van der Waals surface area (Å²) >= 11 is 11.8. The van der Waals surface area contributed by atoms with Crippen LogP contribution in [0.4, 0.5) is 5.82 Å². The molecule has 154 valence electrons. The number of halogens is 2. The maximum Gasteiger partial charge on any atom is 0.328 e. The van der Waals surface area contributed by atoms with Crippen molar-refractivity contribution < 1.29 is 4.79 Å². The molecule has 9 nitrogen and oxygen atoms in total. The molecule has 1 unspecified atom stereocenters. The van der Waals surface area contributed by atoms with E-state index in [1.807, 2.05) is 25.1 Å². The van der Waals surface area contributed by atoms with Crippen molar-refractivity contribution in [3.05, 3.63) is 44.7 Å². The number of aryl methyl sites for hydroxylation is 2. The van der Waals surface area contributed by atoms with Crippen LogP contribution in [-0.4, -0.2) is 43.3 Å². The SMILES string of the molecule is CCC(C(=O)NCc1ccc2c(c1)n(C)c(=O)n2C)N(C)c1nnc(Cl)nc1Cl. The molecule has 0 bridgehead atoms. The Hall–Kier alpha value is -2.65. The van der Waals surface area contributed by atoms with Crippen molar-refractivity contribution in [1.82, 2.24) is 29.6 Å². The van der Waals surface area contributed by atoms with Gasteiger partial charge in [0.2, 0.25) is 11.2 Å². The minimum Gasteiger partial charge on any atom is -0.350 e. The molecule has 0 saturated heterocycles. The zero-order valence-corrected chi connectivity index (χ0v) is 18.0. The van der Waals surface area contributed by atoms with Crippen molar-refractivity contribution in [2.45, 2.75) is 25.9 Å². The lowest BCUT2D eigenvalue weighted by atomic mass is 10.1. The van der Waals surface area contributed by atoms with E-state index in [2.05, 4.69) is 20.5 Å². The monoisotopic (exact) mass is 437 g/mol. The fraction of sp³-hybridized carbons (Fsp3) is 0.389. The molecule has 0 aliphatic carbocycles. The molecule has 0 aliphatic heterocycles. The standard InChI is InChI=1S/C18H21Cl2N7O2/c1-5-11(25(2)15-14(19)22-17(20)24-23-15)16(28)21-9-10-6-7-12-13(8-10)27(4)18(29)26(12)3/h6-8,11H,5,9H2,1-4H3,(H,21,28). The Balaban J connectivity index is 1.75. The van der Waals surface area contributed by atoms with E-state index in [1.54, 1.807) is 35.2 Å². The van der Waals surface area contributed by atoms with Crippen LogP contribution < -0.4 is 15.9 Å². The molecule has 0 radical (unpaired) electrons. The molecular weight excluding hydrogens is 417 g/mol. The molecule has 2 heterocycles. The number of rotatable bonds is 6. The number of carbonyl (C=O) groups excluding carboxylic acids is 1. The van der Waals surface area contributed by atoms with E-state index in [1.165, 1.54) is 0 Å². The average molecular weight is 438 g/mol. The molecule has 1 amide bonds. The molecule has 0 aliphatic rings. The first-order valence-electron chi connectivity index (χ1n) is 8.95. The van der Waals surface area contributed by atoms with Gasteiger partial charge < -0.3 is 10.2 Å². The summed E-state index contributed by atoms with van der Waals surface area (Å²) in [6, 6.07) is 5.14. The molecule has 3 rings (SSSR count). The number of imidazole rings is 1. The van der Waals surface area contributed by atoms with Gasteiger partial charge in [-0.1, -0.05) is 24.6 Å².